The minimum absolute atomic E-state index is 0.243. The second kappa shape index (κ2) is 42.2. The normalized spacial score (nSPS) is 21.9. The lowest BCUT2D eigenvalue weighted by Gasteiger charge is -2.41. The van der Waals surface area contributed by atoms with E-state index in [2.05, 4.69) is 19.2 Å². The zero-order chi connectivity index (χ0) is 47.8. The van der Waals surface area contributed by atoms with Gasteiger partial charge in [-0.3, -0.25) is 13.8 Å². The maximum Gasteiger partial charge on any atom is 0.472 e. The topological polar surface area (TPSA) is 206 Å². The molecule has 1 aliphatic carbocycles. The molecule has 13 heteroatoms. The van der Waals surface area contributed by atoms with Crippen LogP contribution in [0.25, 0.3) is 0 Å². The molecule has 388 valence electrons. The molecule has 1 saturated carbocycles. The first-order valence-corrected chi connectivity index (χ1v) is 29.0. The van der Waals surface area contributed by atoms with Crippen molar-refractivity contribution in [3.63, 3.8) is 0 Å². The van der Waals surface area contributed by atoms with Crippen molar-refractivity contribution in [2.24, 2.45) is 0 Å². The summed E-state index contributed by atoms with van der Waals surface area (Å²) in [5.74, 6) is -0.301. The zero-order valence-corrected chi connectivity index (χ0v) is 42.7. The highest BCUT2D eigenvalue weighted by molar-refractivity contribution is 7.47. The lowest BCUT2D eigenvalue weighted by molar-refractivity contribution is -0.220. The summed E-state index contributed by atoms with van der Waals surface area (Å²) in [5, 5.41) is 64.4. The second-order valence-corrected chi connectivity index (χ2v) is 21.2. The van der Waals surface area contributed by atoms with Crippen LogP contribution in [0, 0.1) is 0 Å². The van der Waals surface area contributed by atoms with Crippen molar-refractivity contribution in [2.75, 3.05) is 6.61 Å². The van der Waals surface area contributed by atoms with Crippen LogP contribution >= 0.6 is 7.82 Å². The highest BCUT2D eigenvalue weighted by atomic mass is 31.2. The van der Waals surface area contributed by atoms with Crippen molar-refractivity contribution in [1.82, 2.24) is 5.32 Å². The van der Waals surface area contributed by atoms with Gasteiger partial charge in [0.15, 0.2) is 0 Å². The Balaban J connectivity index is 2.33. The number of aliphatic hydroxyl groups is 6. The highest BCUT2D eigenvalue weighted by Gasteiger charge is 2.51. The van der Waals surface area contributed by atoms with Crippen molar-refractivity contribution in [1.29, 1.82) is 0 Å². The third-order valence-electron chi connectivity index (χ3n) is 13.7. The van der Waals surface area contributed by atoms with E-state index in [0.717, 1.165) is 38.5 Å². The smallest absolute Gasteiger partial charge is 0.391 e. The summed E-state index contributed by atoms with van der Waals surface area (Å²) >= 11 is 0. The van der Waals surface area contributed by atoms with Crippen molar-refractivity contribution in [2.45, 2.75) is 319 Å². The van der Waals surface area contributed by atoms with Gasteiger partial charge in [0, 0.05) is 6.42 Å². The molecular weight excluding hydrogens is 846 g/mol. The summed E-state index contributed by atoms with van der Waals surface area (Å²) in [6.45, 7) is 3.93. The van der Waals surface area contributed by atoms with Crippen LogP contribution in [0.1, 0.15) is 271 Å². The highest BCUT2D eigenvalue weighted by Crippen LogP contribution is 2.47. The third-order valence-corrected chi connectivity index (χ3v) is 14.7. The summed E-state index contributed by atoms with van der Waals surface area (Å²) < 4.78 is 23.1. The SMILES string of the molecule is CCCCCCCCCCCCCCCCCCCCCCCCCC(=O)N[C@@H](COP(=O)(O)OC1C(O)C(O)C(O)[C@@H](O)C1O)[C@H](O)CCCCCCCCCCCCCCCCC. The predicted octanol–water partition coefficient (Wildman–Crippen LogP) is 11.8. The monoisotopic (exact) mass is 950 g/mol. The minimum Gasteiger partial charge on any atom is -0.391 e. The lowest BCUT2D eigenvalue weighted by atomic mass is 9.85. The molecule has 0 aromatic rings. The molecule has 0 saturated heterocycles. The van der Waals surface area contributed by atoms with E-state index in [4.69, 9.17) is 9.05 Å². The molecule has 9 atom stereocenters. The summed E-state index contributed by atoms with van der Waals surface area (Å²) in [6, 6.07) is -1.03. The van der Waals surface area contributed by atoms with Gasteiger partial charge in [-0.15, -0.1) is 0 Å². The maximum absolute atomic E-state index is 13.0. The van der Waals surface area contributed by atoms with E-state index in [9.17, 15) is 44.9 Å². The van der Waals surface area contributed by atoms with Gasteiger partial charge in [-0.25, -0.2) is 4.57 Å². The fraction of sp³-hybridized carbons (Fsp3) is 0.981. The van der Waals surface area contributed by atoms with E-state index in [0.29, 0.717) is 19.3 Å². The quantitative estimate of drug-likeness (QED) is 0.0213. The Morgan fingerprint density at radius 1 is 0.462 bits per heavy atom. The molecule has 1 fully saturated rings. The number of rotatable bonds is 47. The molecule has 0 heterocycles. The second-order valence-electron chi connectivity index (χ2n) is 19.8. The van der Waals surface area contributed by atoms with E-state index >= 15 is 0 Å². The Morgan fingerprint density at radius 3 is 1.06 bits per heavy atom. The first-order valence-electron chi connectivity index (χ1n) is 27.5. The van der Waals surface area contributed by atoms with Crippen molar-refractivity contribution in [3.05, 3.63) is 0 Å². The van der Waals surface area contributed by atoms with Gasteiger partial charge in [0.25, 0.3) is 0 Å². The number of hydrogen-bond donors (Lipinski definition) is 8. The summed E-state index contributed by atoms with van der Waals surface area (Å²) in [5.41, 5.74) is 0. The number of hydrogen-bond acceptors (Lipinski definition) is 10. The fourth-order valence-electron chi connectivity index (χ4n) is 9.21. The number of carbonyl (C=O) groups is 1. The van der Waals surface area contributed by atoms with Crippen LogP contribution in [0.3, 0.4) is 0 Å². The standard InChI is InChI=1S/C52H104NO11P/c1-3-5-7-9-11-13-15-17-19-20-21-22-23-24-25-26-28-30-32-34-36-38-40-42-46(55)53-44(43-63-65(61,62)64-52-50(59)48(57)47(56)49(58)51(52)60)45(54)41-39-37-35-33-31-29-27-18-16-14-12-10-8-6-4-2/h44-45,47-52,54,56-60H,3-43H2,1-2H3,(H,53,55)(H,61,62)/t44-,45+,47?,48+,49?,50?,51?,52?/m0/s1. The molecule has 1 amide bonds. The van der Waals surface area contributed by atoms with E-state index in [1.807, 2.05) is 0 Å². The number of amides is 1. The van der Waals surface area contributed by atoms with Gasteiger partial charge in [-0.2, -0.15) is 0 Å². The van der Waals surface area contributed by atoms with Crippen LogP contribution in [-0.2, 0) is 18.4 Å². The Labute approximate surface area is 397 Å². The largest absolute Gasteiger partial charge is 0.472 e. The van der Waals surface area contributed by atoms with Crippen molar-refractivity contribution < 1.29 is 53.9 Å². The van der Waals surface area contributed by atoms with Gasteiger partial charge in [-0.1, -0.05) is 251 Å². The molecule has 12 nitrogen and oxygen atoms in total. The van der Waals surface area contributed by atoms with Crippen LogP contribution in [0.4, 0.5) is 0 Å². The summed E-state index contributed by atoms with van der Waals surface area (Å²) in [4.78, 5) is 23.5. The van der Waals surface area contributed by atoms with Gasteiger partial charge >= 0.3 is 7.82 Å². The molecule has 0 spiro atoms. The Hall–Kier alpha value is -0.660. The number of phosphoric ester groups is 1. The minimum atomic E-state index is -5.06. The number of carbonyl (C=O) groups excluding carboxylic acids is 1. The molecule has 0 aliphatic heterocycles. The van der Waals surface area contributed by atoms with E-state index in [1.165, 1.54) is 193 Å². The molecule has 8 N–H and O–H groups in total. The van der Waals surface area contributed by atoms with Gasteiger partial charge in [0.05, 0.1) is 18.8 Å². The van der Waals surface area contributed by atoms with Crippen LogP contribution in [0.15, 0.2) is 0 Å². The molecule has 0 bridgehead atoms. The molecule has 1 aliphatic rings. The summed E-state index contributed by atoms with van der Waals surface area (Å²) in [7, 11) is -5.06. The Morgan fingerprint density at radius 2 is 0.738 bits per heavy atom. The van der Waals surface area contributed by atoms with Gasteiger partial charge in [0.2, 0.25) is 5.91 Å². The molecule has 0 aromatic heterocycles. The van der Waals surface area contributed by atoms with Crippen LogP contribution in [-0.4, -0.2) is 96.8 Å². The Kier molecular flexibility index (Phi) is 40.5. The van der Waals surface area contributed by atoms with Gasteiger partial charge in [0.1, 0.15) is 36.6 Å². The average molecular weight is 950 g/mol. The van der Waals surface area contributed by atoms with Gasteiger partial charge < -0.3 is 40.8 Å². The van der Waals surface area contributed by atoms with Crippen molar-refractivity contribution >= 4 is 13.7 Å². The molecule has 1 rings (SSSR count). The fourth-order valence-corrected chi connectivity index (χ4v) is 10.2. The van der Waals surface area contributed by atoms with E-state index in [-0.39, 0.29) is 12.3 Å². The van der Waals surface area contributed by atoms with Crippen molar-refractivity contribution in [3.8, 4) is 0 Å². The number of phosphoric acid groups is 1. The maximum atomic E-state index is 13.0. The number of nitrogens with one attached hydrogen (secondary N) is 1. The average Bonchev–Trinajstić information content (AvgIpc) is 3.29. The van der Waals surface area contributed by atoms with Crippen LogP contribution < -0.4 is 5.32 Å². The van der Waals surface area contributed by atoms with Crippen LogP contribution in [0.2, 0.25) is 0 Å². The van der Waals surface area contributed by atoms with Gasteiger partial charge in [-0.05, 0) is 12.8 Å². The lowest BCUT2D eigenvalue weighted by Crippen LogP contribution is -2.64. The van der Waals surface area contributed by atoms with Crippen LogP contribution in [0.5, 0.6) is 0 Å². The molecule has 0 radical (unpaired) electrons. The van der Waals surface area contributed by atoms with E-state index in [1.54, 1.807) is 0 Å². The molecule has 0 aromatic carbocycles. The molecular formula is C52H104NO11P. The zero-order valence-electron chi connectivity index (χ0n) is 41.8. The predicted molar refractivity (Wildman–Crippen MR) is 265 cm³/mol. The summed E-state index contributed by atoms with van der Waals surface area (Å²) in [6.07, 6.45) is 35.6. The number of aliphatic hydroxyl groups excluding tert-OH is 6. The molecule has 6 unspecified atom stereocenters. The third kappa shape index (κ3) is 33.5. The first-order chi connectivity index (χ1) is 31.4. The Bertz CT molecular complexity index is 1100. The van der Waals surface area contributed by atoms with E-state index < -0.39 is 63.2 Å². The number of unbranched alkanes of at least 4 members (excludes halogenated alkanes) is 36. The molecule has 65 heavy (non-hydrogen) atoms. The first kappa shape index (κ1) is 62.4.